The number of aromatic amines is 1. The Kier molecular flexibility index (Phi) is 4.44. The smallest absolute Gasteiger partial charge is 0.329 e. The zero-order valence-electron chi connectivity index (χ0n) is 10.3. The molecule has 2 rings (SSSR count). The molecule has 0 aromatic carbocycles. The van der Waals surface area contributed by atoms with Gasteiger partial charge in [-0.2, -0.15) is 0 Å². The highest BCUT2D eigenvalue weighted by molar-refractivity contribution is 6.30. The Bertz CT molecular complexity index is 466. The van der Waals surface area contributed by atoms with Crippen molar-refractivity contribution in [1.82, 2.24) is 9.88 Å². The summed E-state index contributed by atoms with van der Waals surface area (Å²) in [6.45, 7) is 0.824. The van der Waals surface area contributed by atoms with Crippen molar-refractivity contribution in [2.75, 3.05) is 19.7 Å². The predicted octanol–water partition coefficient (Wildman–Crippen LogP) is 1.37. The second-order valence-electron chi connectivity index (χ2n) is 4.43. The Morgan fingerprint density at radius 1 is 1.47 bits per heavy atom. The molecule has 0 radical (unpaired) electrons. The Hall–Kier alpha value is -1.53. The Labute approximate surface area is 115 Å². The number of hydrogen-bond donors (Lipinski definition) is 2. The number of amides is 1. The Balaban J connectivity index is 1.83. The molecular formula is C12H15ClN2O4. The first kappa shape index (κ1) is 13.9. The summed E-state index contributed by atoms with van der Waals surface area (Å²) in [6.07, 6.45) is 2.77. The molecule has 0 aliphatic carbocycles. The van der Waals surface area contributed by atoms with Crippen molar-refractivity contribution in [2.24, 2.45) is 0 Å². The highest BCUT2D eigenvalue weighted by Crippen LogP contribution is 2.17. The van der Waals surface area contributed by atoms with E-state index in [0.717, 1.165) is 0 Å². The van der Waals surface area contributed by atoms with Crippen molar-refractivity contribution >= 4 is 23.5 Å². The van der Waals surface area contributed by atoms with Crippen molar-refractivity contribution in [2.45, 2.75) is 18.9 Å². The summed E-state index contributed by atoms with van der Waals surface area (Å²) in [4.78, 5) is 27.0. The first-order valence-corrected chi connectivity index (χ1v) is 6.40. The van der Waals surface area contributed by atoms with E-state index >= 15 is 0 Å². The van der Waals surface area contributed by atoms with Crippen molar-refractivity contribution in [3.05, 3.63) is 23.0 Å². The maximum atomic E-state index is 12.1. The number of piperidine rings is 1. The van der Waals surface area contributed by atoms with Gasteiger partial charge in [-0.25, -0.2) is 4.79 Å². The fraction of sp³-hybridized carbons (Fsp3) is 0.500. The number of carbonyl (C=O) groups excluding carboxylic acids is 1. The highest BCUT2D eigenvalue weighted by Gasteiger charge is 2.25. The third-order valence-corrected chi connectivity index (χ3v) is 3.27. The first-order valence-electron chi connectivity index (χ1n) is 6.03. The van der Waals surface area contributed by atoms with Gasteiger partial charge in [-0.1, -0.05) is 11.6 Å². The van der Waals surface area contributed by atoms with Gasteiger partial charge in [-0.05, 0) is 18.9 Å². The van der Waals surface area contributed by atoms with Crippen LogP contribution in [0.1, 0.15) is 23.3 Å². The largest absolute Gasteiger partial charge is 0.480 e. The van der Waals surface area contributed by atoms with Crippen molar-refractivity contribution < 1.29 is 19.4 Å². The van der Waals surface area contributed by atoms with Gasteiger partial charge in [-0.15, -0.1) is 0 Å². The third kappa shape index (κ3) is 3.71. The molecule has 7 heteroatoms. The van der Waals surface area contributed by atoms with E-state index in [1.165, 1.54) is 0 Å². The first-order chi connectivity index (χ1) is 9.06. The summed E-state index contributed by atoms with van der Waals surface area (Å²) >= 11 is 5.76. The number of rotatable bonds is 4. The minimum absolute atomic E-state index is 0.0904. The number of aliphatic carboxylic acids is 1. The molecule has 19 heavy (non-hydrogen) atoms. The van der Waals surface area contributed by atoms with Crippen LogP contribution >= 0.6 is 11.6 Å². The lowest BCUT2D eigenvalue weighted by molar-refractivity contribution is -0.145. The van der Waals surface area contributed by atoms with Crippen LogP contribution in [0.15, 0.2) is 12.3 Å². The van der Waals surface area contributed by atoms with E-state index in [4.69, 9.17) is 21.4 Å². The fourth-order valence-electron chi connectivity index (χ4n) is 2.08. The van der Waals surface area contributed by atoms with Gasteiger partial charge in [0.15, 0.2) is 0 Å². The van der Waals surface area contributed by atoms with Crippen LogP contribution in [0.4, 0.5) is 0 Å². The summed E-state index contributed by atoms with van der Waals surface area (Å²) < 4.78 is 5.22. The van der Waals surface area contributed by atoms with Gasteiger partial charge < -0.3 is 19.7 Å². The highest BCUT2D eigenvalue weighted by atomic mass is 35.5. The number of carboxylic acid groups (broad SMARTS) is 1. The molecule has 1 aromatic rings. The summed E-state index contributed by atoms with van der Waals surface area (Å²) in [5, 5.41) is 9.03. The second kappa shape index (κ2) is 6.08. The molecule has 1 aliphatic heterocycles. The molecule has 1 aromatic heterocycles. The molecule has 6 nitrogen and oxygen atoms in total. The fourth-order valence-corrected chi connectivity index (χ4v) is 2.24. The molecule has 0 atom stereocenters. The predicted molar refractivity (Wildman–Crippen MR) is 68.3 cm³/mol. The molecule has 2 heterocycles. The Morgan fingerprint density at radius 3 is 2.68 bits per heavy atom. The van der Waals surface area contributed by atoms with Gasteiger partial charge in [0, 0.05) is 19.3 Å². The minimum Gasteiger partial charge on any atom is -0.480 e. The number of ether oxygens (including phenoxy) is 1. The quantitative estimate of drug-likeness (QED) is 0.876. The zero-order chi connectivity index (χ0) is 13.8. The van der Waals surface area contributed by atoms with Crippen LogP contribution < -0.4 is 0 Å². The Morgan fingerprint density at radius 2 is 2.16 bits per heavy atom. The van der Waals surface area contributed by atoms with E-state index in [2.05, 4.69) is 4.98 Å². The van der Waals surface area contributed by atoms with Crippen LogP contribution in [-0.4, -0.2) is 52.7 Å². The molecule has 2 N–H and O–H groups in total. The molecule has 0 unspecified atom stereocenters. The number of hydrogen-bond acceptors (Lipinski definition) is 3. The maximum Gasteiger partial charge on any atom is 0.329 e. The lowest BCUT2D eigenvalue weighted by atomic mass is 10.1. The van der Waals surface area contributed by atoms with Gasteiger partial charge in [-0.3, -0.25) is 4.79 Å². The molecule has 1 saturated heterocycles. The molecule has 104 valence electrons. The van der Waals surface area contributed by atoms with Crippen molar-refractivity contribution in [1.29, 1.82) is 0 Å². The number of carbonyl (C=O) groups is 2. The van der Waals surface area contributed by atoms with Crippen LogP contribution in [0.3, 0.4) is 0 Å². The van der Waals surface area contributed by atoms with Gasteiger partial charge in [0.25, 0.3) is 5.91 Å². The monoisotopic (exact) mass is 286 g/mol. The average Bonchev–Trinajstić information content (AvgIpc) is 2.83. The summed E-state index contributed by atoms with van der Waals surface area (Å²) in [6, 6.07) is 1.59. The molecule has 0 bridgehead atoms. The number of nitrogens with zero attached hydrogens (tertiary/aromatic N) is 1. The van der Waals surface area contributed by atoms with Crippen molar-refractivity contribution in [3.63, 3.8) is 0 Å². The van der Waals surface area contributed by atoms with Crippen LogP contribution in [0.2, 0.25) is 5.02 Å². The number of nitrogens with one attached hydrogen (secondary N) is 1. The summed E-state index contributed by atoms with van der Waals surface area (Å²) in [7, 11) is 0. The van der Waals surface area contributed by atoms with Crippen LogP contribution in [0.25, 0.3) is 0 Å². The second-order valence-corrected chi connectivity index (χ2v) is 4.86. The molecule has 1 amide bonds. The molecular weight excluding hydrogens is 272 g/mol. The van der Waals surface area contributed by atoms with E-state index in [1.807, 2.05) is 0 Å². The van der Waals surface area contributed by atoms with Crippen LogP contribution in [-0.2, 0) is 9.53 Å². The van der Waals surface area contributed by atoms with E-state index in [9.17, 15) is 9.59 Å². The maximum absolute atomic E-state index is 12.1. The van der Waals surface area contributed by atoms with Crippen LogP contribution in [0, 0.1) is 0 Å². The van der Waals surface area contributed by atoms with Crippen LogP contribution in [0.5, 0.6) is 0 Å². The van der Waals surface area contributed by atoms with Gasteiger partial charge >= 0.3 is 5.97 Å². The van der Waals surface area contributed by atoms with E-state index in [0.29, 0.717) is 36.6 Å². The molecule has 1 aliphatic rings. The number of likely N-dealkylation sites (tertiary alicyclic amines) is 1. The standard InChI is InChI=1S/C12H15ClN2O4/c13-8-5-10(14-6-8)12(18)15-3-1-9(2-4-15)19-7-11(16)17/h5-6,9,14H,1-4,7H2,(H,16,17). The summed E-state index contributed by atoms with van der Waals surface area (Å²) in [5.74, 6) is -1.07. The minimum atomic E-state index is -0.973. The topological polar surface area (TPSA) is 82.6 Å². The van der Waals surface area contributed by atoms with Gasteiger partial charge in [0.1, 0.15) is 12.3 Å². The number of aromatic nitrogens is 1. The SMILES string of the molecule is O=C(O)COC1CCN(C(=O)c2cc(Cl)c[nH]2)CC1. The molecule has 1 fully saturated rings. The average molecular weight is 287 g/mol. The van der Waals surface area contributed by atoms with Gasteiger partial charge in [0.2, 0.25) is 0 Å². The number of halogens is 1. The number of H-pyrrole nitrogens is 1. The zero-order valence-corrected chi connectivity index (χ0v) is 11.0. The lowest BCUT2D eigenvalue weighted by Crippen LogP contribution is -2.41. The van der Waals surface area contributed by atoms with E-state index < -0.39 is 5.97 Å². The molecule has 0 saturated carbocycles. The molecule has 0 spiro atoms. The third-order valence-electron chi connectivity index (χ3n) is 3.05. The lowest BCUT2D eigenvalue weighted by Gasteiger charge is -2.31. The van der Waals surface area contributed by atoms with E-state index in [1.54, 1.807) is 17.2 Å². The van der Waals surface area contributed by atoms with E-state index in [-0.39, 0.29) is 18.6 Å². The van der Waals surface area contributed by atoms with Crippen molar-refractivity contribution in [3.8, 4) is 0 Å². The normalized spacial score (nSPS) is 16.6. The number of carboxylic acids is 1. The van der Waals surface area contributed by atoms with Gasteiger partial charge in [0.05, 0.1) is 11.1 Å². The summed E-state index contributed by atoms with van der Waals surface area (Å²) in [5.41, 5.74) is 0.468.